The summed E-state index contributed by atoms with van der Waals surface area (Å²) in [7, 11) is 0. The fourth-order valence-electron chi connectivity index (χ4n) is 2.49. The molecule has 7 heteroatoms. The fourth-order valence-corrected chi connectivity index (χ4v) is 3.38. The molecule has 6 nitrogen and oxygen atoms in total. The van der Waals surface area contributed by atoms with Crippen LogP contribution in [0.2, 0.25) is 0 Å². The molecular weight excluding hydrogens is 322 g/mol. The normalized spacial score (nSPS) is 11.0. The monoisotopic (exact) mass is 343 g/mol. The highest BCUT2D eigenvalue weighted by Crippen LogP contribution is 2.25. The predicted octanol–water partition coefficient (Wildman–Crippen LogP) is 3.65. The van der Waals surface area contributed by atoms with Gasteiger partial charge >= 0.3 is 0 Å². The molecule has 3 aromatic rings. The molecule has 0 aliphatic carbocycles. The summed E-state index contributed by atoms with van der Waals surface area (Å²) in [4.78, 5) is 16.5. The topological polar surface area (TPSA) is 72.7 Å². The minimum absolute atomic E-state index is 0.142. The Morgan fingerprint density at radius 1 is 1.25 bits per heavy atom. The number of carbonyl (C=O) groups is 1. The number of aromatic nitrogens is 4. The van der Waals surface area contributed by atoms with Crippen LogP contribution in [0.4, 0.5) is 5.13 Å². The van der Waals surface area contributed by atoms with E-state index in [-0.39, 0.29) is 12.5 Å². The van der Waals surface area contributed by atoms with Crippen LogP contribution < -0.4 is 5.32 Å². The second-order valence-electron chi connectivity index (χ2n) is 5.75. The molecule has 2 aromatic heterocycles. The molecule has 126 valence electrons. The van der Waals surface area contributed by atoms with Crippen molar-refractivity contribution in [1.82, 2.24) is 20.0 Å². The molecule has 0 fully saturated rings. The first-order chi connectivity index (χ1) is 11.7. The smallest absolute Gasteiger partial charge is 0.247 e. The van der Waals surface area contributed by atoms with Gasteiger partial charge in [-0.15, -0.1) is 5.10 Å². The Morgan fingerprint density at radius 3 is 2.96 bits per heavy atom. The van der Waals surface area contributed by atoms with Gasteiger partial charge in [0, 0.05) is 6.20 Å². The number of nitrogens with one attached hydrogen (secondary N) is 1. The largest absolute Gasteiger partial charge is 0.300 e. The number of fused-ring (bicyclic) bond motifs is 1. The highest BCUT2D eigenvalue weighted by atomic mass is 32.1. The van der Waals surface area contributed by atoms with E-state index in [9.17, 15) is 4.79 Å². The summed E-state index contributed by atoms with van der Waals surface area (Å²) in [6.07, 6.45) is 7.56. The average Bonchev–Trinajstić information content (AvgIpc) is 3.17. The van der Waals surface area contributed by atoms with Crippen molar-refractivity contribution in [1.29, 1.82) is 0 Å². The van der Waals surface area contributed by atoms with Gasteiger partial charge in [0.15, 0.2) is 5.13 Å². The van der Waals surface area contributed by atoms with Crippen LogP contribution in [0.3, 0.4) is 0 Å². The van der Waals surface area contributed by atoms with Gasteiger partial charge in [-0.05, 0) is 25.0 Å². The number of hydrogen-bond donors (Lipinski definition) is 1. The second-order valence-corrected chi connectivity index (χ2v) is 6.78. The zero-order valence-corrected chi connectivity index (χ0v) is 14.6. The second kappa shape index (κ2) is 8.01. The van der Waals surface area contributed by atoms with E-state index in [1.807, 2.05) is 30.5 Å². The lowest BCUT2D eigenvalue weighted by molar-refractivity contribution is -0.116. The molecule has 0 aliphatic rings. The van der Waals surface area contributed by atoms with Crippen molar-refractivity contribution in [2.75, 3.05) is 5.32 Å². The number of unbranched alkanes of at least 4 members (excludes halogenated alkanes) is 3. The van der Waals surface area contributed by atoms with Crippen molar-refractivity contribution >= 4 is 32.6 Å². The van der Waals surface area contributed by atoms with E-state index in [4.69, 9.17) is 0 Å². The molecule has 0 atom stereocenters. The van der Waals surface area contributed by atoms with E-state index in [1.165, 1.54) is 30.6 Å². The Hall–Kier alpha value is -2.28. The van der Waals surface area contributed by atoms with E-state index in [1.54, 1.807) is 4.68 Å². The molecule has 0 unspecified atom stereocenters. The molecule has 0 spiro atoms. The van der Waals surface area contributed by atoms with Crippen molar-refractivity contribution in [3.8, 4) is 0 Å². The molecule has 1 amide bonds. The fraction of sp³-hybridized carbons (Fsp3) is 0.412. The van der Waals surface area contributed by atoms with E-state index in [0.717, 1.165) is 28.8 Å². The lowest BCUT2D eigenvalue weighted by atomic mass is 10.1. The van der Waals surface area contributed by atoms with Gasteiger partial charge in [0.05, 0.1) is 15.9 Å². The third-order valence-corrected chi connectivity index (χ3v) is 4.67. The number of aryl methyl sites for hydroxylation is 1. The lowest BCUT2D eigenvalue weighted by Crippen LogP contribution is -2.19. The van der Waals surface area contributed by atoms with Crippen LogP contribution >= 0.6 is 11.3 Å². The predicted molar refractivity (Wildman–Crippen MR) is 96.1 cm³/mol. The third-order valence-electron chi connectivity index (χ3n) is 3.72. The first-order valence-corrected chi connectivity index (χ1v) is 9.10. The molecule has 0 aliphatic heterocycles. The molecular formula is C17H21N5OS. The zero-order chi connectivity index (χ0) is 16.8. The summed E-state index contributed by atoms with van der Waals surface area (Å²) in [5.41, 5.74) is 1.84. The molecule has 0 radical (unpaired) electrons. The van der Waals surface area contributed by atoms with Crippen LogP contribution in [0, 0.1) is 0 Å². The molecule has 1 N–H and O–H groups in total. The Labute approximate surface area is 144 Å². The maximum absolute atomic E-state index is 12.1. The Balaban J connectivity index is 1.52. The molecule has 0 bridgehead atoms. The van der Waals surface area contributed by atoms with Crippen LogP contribution in [0.15, 0.2) is 30.5 Å². The van der Waals surface area contributed by atoms with Gasteiger partial charge in [0.25, 0.3) is 0 Å². The number of para-hydroxylation sites is 1. The van der Waals surface area contributed by atoms with Gasteiger partial charge in [-0.2, -0.15) is 0 Å². The lowest BCUT2D eigenvalue weighted by Gasteiger charge is -2.00. The van der Waals surface area contributed by atoms with E-state index >= 15 is 0 Å². The zero-order valence-electron chi connectivity index (χ0n) is 13.7. The molecule has 3 rings (SSSR count). The number of carbonyl (C=O) groups excluding carboxylic acids is 1. The van der Waals surface area contributed by atoms with Crippen molar-refractivity contribution in [2.24, 2.45) is 0 Å². The Bertz CT molecular complexity index is 777. The van der Waals surface area contributed by atoms with Gasteiger partial charge in [-0.3, -0.25) is 4.79 Å². The highest BCUT2D eigenvalue weighted by molar-refractivity contribution is 7.22. The van der Waals surface area contributed by atoms with E-state index < -0.39 is 0 Å². The highest BCUT2D eigenvalue weighted by Gasteiger charge is 2.09. The maximum atomic E-state index is 12.1. The number of amides is 1. The third kappa shape index (κ3) is 4.38. The summed E-state index contributed by atoms with van der Waals surface area (Å²) in [5, 5.41) is 11.6. The van der Waals surface area contributed by atoms with Crippen molar-refractivity contribution in [3.05, 3.63) is 36.2 Å². The van der Waals surface area contributed by atoms with Crippen molar-refractivity contribution in [2.45, 2.75) is 45.6 Å². The Morgan fingerprint density at radius 2 is 2.12 bits per heavy atom. The summed E-state index contributed by atoms with van der Waals surface area (Å²) in [5.74, 6) is -0.142. The molecule has 1 aromatic carbocycles. The van der Waals surface area contributed by atoms with Crippen molar-refractivity contribution in [3.63, 3.8) is 0 Å². The van der Waals surface area contributed by atoms with Crippen molar-refractivity contribution < 1.29 is 4.79 Å². The average molecular weight is 343 g/mol. The molecule has 24 heavy (non-hydrogen) atoms. The standard InChI is InChI=1S/C17H21N5OS/c1-2-3-4-5-8-13-11-22(21-20-13)12-16(23)19-17-18-14-9-6-7-10-15(14)24-17/h6-7,9-11H,2-5,8,12H2,1H3,(H,18,19,23). The summed E-state index contributed by atoms with van der Waals surface area (Å²) in [6.45, 7) is 2.35. The van der Waals surface area contributed by atoms with Crippen LogP contribution in [0.1, 0.15) is 38.3 Å². The van der Waals surface area contributed by atoms with Gasteiger partial charge < -0.3 is 5.32 Å². The van der Waals surface area contributed by atoms with Crippen LogP contribution in [0.5, 0.6) is 0 Å². The van der Waals surface area contributed by atoms with E-state index in [2.05, 4.69) is 27.5 Å². The number of anilines is 1. The Kier molecular flexibility index (Phi) is 5.53. The maximum Gasteiger partial charge on any atom is 0.247 e. The first-order valence-electron chi connectivity index (χ1n) is 8.29. The molecule has 2 heterocycles. The van der Waals surface area contributed by atoms with Crippen LogP contribution in [-0.4, -0.2) is 25.9 Å². The minimum Gasteiger partial charge on any atom is -0.300 e. The summed E-state index contributed by atoms with van der Waals surface area (Å²) < 4.78 is 2.64. The van der Waals surface area contributed by atoms with Gasteiger partial charge in [-0.1, -0.05) is 54.9 Å². The minimum atomic E-state index is -0.142. The van der Waals surface area contributed by atoms with Gasteiger partial charge in [0.1, 0.15) is 6.54 Å². The number of nitrogens with zero attached hydrogens (tertiary/aromatic N) is 4. The van der Waals surface area contributed by atoms with Gasteiger partial charge in [-0.25, -0.2) is 9.67 Å². The molecule has 0 saturated carbocycles. The quantitative estimate of drug-likeness (QED) is 0.634. The SMILES string of the molecule is CCCCCCc1cn(CC(=O)Nc2nc3ccccc3s2)nn1. The first kappa shape index (κ1) is 16.6. The molecule has 0 saturated heterocycles. The number of thiazole rings is 1. The summed E-state index contributed by atoms with van der Waals surface area (Å²) >= 11 is 1.47. The number of hydrogen-bond acceptors (Lipinski definition) is 5. The van der Waals surface area contributed by atoms with Crippen LogP contribution in [-0.2, 0) is 17.8 Å². The van der Waals surface area contributed by atoms with Gasteiger partial charge in [0.2, 0.25) is 5.91 Å². The summed E-state index contributed by atoms with van der Waals surface area (Å²) in [6, 6.07) is 7.82. The number of rotatable bonds is 8. The van der Waals surface area contributed by atoms with E-state index in [0.29, 0.717) is 5.13 Å². The number of benzene rings is 1. The van der Waals surface area contributed by atoms with Crippen LogP contribution in [0.25, 0.3) is 10.2 Å².